The second-order valence-corrected chi connectivity index (χ2v) is 7.05. The first-order chi connectivity index (χ1) is 11.4. The molecule has 0 heterocycles. The molecule has 2 heteroatoms. The second-order valence-electron chi connectivity index (χ2n) is 7.05. The SMILES string of the molecule is CC1=CC(=[N+](C)C)C=CC1=C1[C+]=C(c2ccc(N(C)C)cc2C)C1. The summed E-state index contributed by atoms with van der Waals surface area (Å²) in [4.78, 5) is 2.14. The molecule has 0 saturated heterocycles. The molecule has 2 nitrogen and oxygen atoms in total. The van der Waals surface area contributed by atoms with Gasteiger partial charge in [-0.15, -0.1) is 0 Å². The van der Waals surface area contributed by atoms with E-state index in [1.54, 1.807) is 0 Å². The molecule has 0 spiro atoms. The lowest BCUT2D eigenvalue weighted by molar-refractivity contribution is -0.462. The molecule has 2 aliphatic carbocycles. The van der Waals surface area contributed by atoms with Crippen molar-refractivity contribution in [2.45, 2.75) is 20.3 Å². The van der Waals surface area contributed by atoms with Crippen molar-refractivity contribution in [3.63, 3.8) is 0 Å². The van der Waals surface area contributed by atoms with Crippen LogP contribution in [0.1, 0.15) is 24.5 Å². The van der Waals surface area contributed by atoms with E-state index >= 15 is 0 Å². The van der Waals surface area contributed by atoms with Crippen molar-refractivity contribution < 1.29 is 4.58 Å². The number of hydrogen-bond acceptors (Lipinski definition) is 1. The summed E-state index contributed by atoms with van der Waals surface area (Å²) in [5.74, 6) is 0. The summed E-state index contributed by atoms with van der Waals surface area (Å²) in [6.45, 7) is 4.37. The van der Waals surface area contributed by atoms with E-state index in [0.717, 1.165) is 6.42 Å². The Labute approximate surface area is 145 Å². The molecular formula is C22H26N2+2. The molecule has 0 saturated carbocycles. The Kier molecular flexibility index (Phi) is 4.26. The van der Waals surface area contributed by atoms with Crippen LogP contribution in [0.2, 0.25) is 0 Å². The number of aryl methyl sites for hydroxylation is 1. The first-order valence-corrected chi connectivity index (χ1v) is 8.42. The van der Waals surface area contributed by atoms with Crippen LogP contribution in [-0.4, -0.2) is 38.5 Å². The summed E-state index contributed by atoms with van der Waals surface area (Å²) in [6, 6.07) is 6.66. The fourth-order valence-corrected chi connectivity index (χ4v) is 3.19. The fraction of sp³-hybridized carbons (Fsp3) is 0.318. The first kappa shape index (κ1) is 16.4. The van der Waals surface area contributed by atoms with Crippen LogP contribution in [0.15, 0.2) is 53.1 Å². The molecule has 3 rings (SSSR count). The third-order valence-corrected chi connectivity index (χ3v) is 4.76. The largest absolute Gasteiger partial charge is 0.378 e. The fourth-order valence-electron chi connectivity index (χ4n) is 3.19. The zero-order valence-electron chi connectivity index (χ0n) is 15.6. The van der Waals surface area contributed by atoms with Crippen LogP contribution in [0.5, 0.6) is 0 Å². The highest BCUT2D eigenvalue weighted by atomic mass is 15.1. The number of nitrogens with zero attached hydrogens (tertiary/aromatic N) is 2. The third kappa shape index (κ3) is 2.98. The number of allylic oxidation sites excluding steroid dienone is 8. The minimum Gasteiger partial charge on any atom is -0.378 e. The van der Waals surface area contributed by atoms with Gasteiger partial charge in [0.05, 0.1) is 17.6 Å². The predicted octanol–water partition coefficient (Wildman–Crippen LogP) is 4.18. The summed E-state index contributed by atoms with van der Waals surface area (Å²) in [5, 5.41) is 0. The van der Waals surface area contributed by atoms with Crippen molar-refractivity contribution in [3.8, 4) is 0 Å². The maximum absolute atomic E-state index is 3.60. The monoisotopic (exact) mass is 318 g/mol. The van der Waals surface area contributed by atoms with Crippen molar-refractivity contribution in [1.82, 2.24) is 0 Å². The van der Waals surface area contributed by atoms with Crippen LogP contribution in [0.25, 0.3) is 5.57 Å². The van der Waals surface area contributed by atoms with Crippen LogP contribution in [0.3, 0.4) is 0 Å². The van der Waals surface area contributed by atoms with Crippen molar-refractivity contribution >= 4 is 17.0 Å². The molecule has 2 aliphatic rings. The van der Waals surface area contributed by atoms with Gasteiger partial charge in [-0.2, -0.15) is 0 Å². The van der Waals surface area contributed by atoms with Crippen molar-refractivity contribution in [2.24, 2.45) is 0 Å². The lowest BCUT2D eigenvalue weighted by Crippen LogP contribution is -2.13. The van der Waals surface area contributed by atoms with E-state index in [-0.39, 0.29) is 0 Å². The van der Waals surface area contributed by atoms with Gasteiger partial charge in [0.2, 0.25) is 5.71 Å². The highest BCUT2D eigenvalue weighted by Gasteiger charge is 2.31. The molecule has 0 N–H and O–H groups in total. The van der Waals surface area contributed by atoms with E-state index in [9.17, 15) is 0 Å². The van der Waals surface area contributed by atoms with Crippen LogP contribution in [0.4, 0.5) is 5.69 Å². The summed E-state index contributed by atoms with van der Waals surface area (Å²) in [5.41, 5.74) is 10.4. The standard InChI is InChI=1S/C22H26N2/c1-15-11-19(23(3)4)7-9-21(15)17-13-18(14-17)22-10-8-20(24(5)6)12-16(22)2/h7-12H,13H2,1-6H3/q+2. The Bertz CT molecular complexity index is 839. The van der Waals surface area contributed by atoms with E-state index in [4.69, 9.17) is 0 Å². The molecule has 24 heavy (non-hydrogen) atoms. The van der Waals surface area contributed by atoms with Crippen LogP contribution < -0.4 is 4.90 Å². The maximum atomic E-state index is 3.60. The van der Waals surface area contributed by atoms with Crippen molar-refractivity contribution in [2.75, 3.05) is 33.1 Å². The number of hydrogen-bond donors (Lipinski definition) is 0. The Morgan fingerprint density at radius 3 is 2.33 bits per heavy atom. The Morgan fingerprint density at radius 1 is 1.08 bits per heavy atom. The van der Waals surface area contributed by atoms with Gasteiger partial charge >= 0.3 is 0 Å². The van der Waals surface area contributed by atoms with E-state index in [2.05, 4.69) is 94.0 Å². The van der Waals surface area contributed by atoms with E-state index < -0.39 is 0 Å². The van der Waals surface area contributed by atoms with Gasteiger partial charge in [0, 0.05) is 61.3 Å². The van der Waals surface area contributed by atoms with E-state index in [1.165, 1.54) is 44.8 Å². The van der Waals surface area contributed by atoms with Gasteiger partial charge in [-0.3, -0.25) is 0 Å². The summed E-state index contributed by atoms with van der Waals surface area (Å²) in [6.07, 6.45) is 11.3. The summed E-state index contributed by atoms with van der Waals surface area (Å²) in [7, 11) is 8.31. The van der Waals surface area contributed by atoms with Gasteiger partial charge in [0.1, 0.15) is 25.2 Å². The molecule has 0 amide bonds. The quantitative estimate of drug-likeness (QED) is 0.586. The molecule has 0 aromatic heterocycles. The molecule has 0 aliphatic heterocycles. The molecule has 0 unspecified atom stereocenters. The minimum absolute atomic E-state index is 1.00. The number of rotatable bonds is 2. The Morgan fingerprint density at radius 2 is 1.79 bits per heavy atom. The topological polar surface area (TPSA) is 6.25 Å². The van der Waals surface area contributed by atoms with Crippen molar-refractivity contribution in [3.05, 3.63) is 70.3 Å². The lowest BCUT2D eigenvalue weighted by Gasteiger charge is -2.17. The molecule has 1 aromatic carbocycles. The molecule has 0 atom stereocenters. The molecule has 0 bridgehead atoms. The number of benzene rings is 1. The lowest BCUT2D eigenvalue weighted by atomic mass is 9.80. The molecule has 1 aromatic rings. The second kappa shape index (κ2) is 6.22. The molecule has 0 fully saturated rings. The predicted molar refractivity (Wildman–Crippen MR) is 104 cm³/mol. The van der Waals surface area contributed by atoms with Gasteiger partial charge in [0.15, 0.2) is 0 Å². The van der Waals surface area contributed by atoms with Crippen LogP contribution in [-0.2, 0) is 0 Å². The van der Waals surface area contributed by atoms with Crippen molar-refractivity contribution in [1.29, 1.82) is 0 Å². The van der Waals surface area contributed by atoms with Crippen LogP contribution >= 0.6 is 0 Å². The van der Waals surface area contributed by atoms with Gasteiger partial charge in [-0.1, -0.05) is 0 Å². The van der Waals surface area contributed by atoms with E-state index in [0.29, 0.717) is 0 Å². The highest BCUT2D eigenvalue weighted by Crippen LogP contribution is 2.39. The third-order valence-electron chi connectivity index (χ3n) is 4.76. The Balaban J connectivity index is 1.89. The smallest absolute Gasteiger partial charge is 0.202 e. The maximum Gasteiger partial charge on any atom is 0.202 e. The zero-order chi connectivity index (χ0) is 17.4. The van der Waals surface area contributed by atoms with Crippen LogP contribution in [0, 0.1) is 13.0 Å². The van der Waals surface area contributed by atoms with Gasteiger partial charge < -0.3 is 4.90 Å². The average Bonchev–Trinajstić information content (AvgIpc) is 2.48. The van der Waals surface area contributed by atoms with Gasteiger partial charge in [-0.25, -0.2) is 4.58 Å². The summed E-state index contributed by atoms with van der Waals surface area (Å²) < 4.78 is 2.14. The Hall–Kier alpha value is -2.44. The molecule has 0 radical (unpaired) electrons. The normalized spacial score (nSPS) is 19.3. The van der Waals surface area contributed by atoms with E-state index in [1.807, 2.05) is 0 Å². The molecular weight excluding hydrogens is 292 g/mol. The van der Waals surface area contributed by atoms with Gasteiger partial charge in [0.25, 0.3) is 0 Å². The highest BCUT2D eigenvalue weighted by molar-refractivity contribution is 6.03. The number of anilines is 1. The minimum atomic E-state index is 1.00. The first-order valence-electron chi connectivity index (χ1n) is 8.42. The molecule has 122 valence electrons. The zero-order valence-corrected chi connectivity index (χ0v) is 15.6. The van der Waals surface area contributed by atoms with Gasteiger partial charge in [-0.05, 0) is 26.0 Å². The average molecular weight is 318 g/mol. The summed E-state index contributed by atoms with van der Waals surface area (Å²) >= 11 is 0.